The highest BCUT2D eigenvalue weighted by molar-refractivity contribution is 5.09. The van der Waals surface area contributed by atoms with Gasteiger partial charge in [0.05, 0.1) is 5.69 Å². The summed E-state index contributed by atoms with van der Waals surface area (Å²) >= 11 is 0. The molecule has 3 nitrogen and oxygen atoms in total. The predicted molar refractivity (Wildman–Crippen MR) is 63.8 cm³/mol. The van der Waals surface area contributed by atoms with Crippen molar-refractivity contribution in [3.63, 3.8) is 0 Å². The van der Waals surface area contributed by atoms with Crippen LogP contribution in [0.5, 0.6) is 0 Å². The van der Waals surface area contributed by atoms with Crippen molar-refractivity contribution < 1.29 is 0 Å². The van der Waals surface area contributed by atoms with Crippen molar-refractivity contribution in [1.82, 2.24) is 9.78 Å². The highest BCUT2D eigenvalue weighted by Gasteiger charge is 2.10. The van der Waals surface area contributed by atoms with Gasteiger partial charge < -0.3 is 5.73 Å². The molecule has 1 aromatic heterocycles. The smallest absolute Gasteiger partial charge is 0.0596 e. The lowest BCUT2D eigenvalue weighted by molar-refractivity contribution is 0.456. The van der Waals surface area contributed by atoms with E-state index in [0.717, 1.165) is 25.1 Å². The van der Waals surface area contributed by atoms with Gasteiger partial charge in [0.1, 0.15) is 0 Å². The normalized spacial score (nSPS) is 13.5. The van der Waals surface area contributed by atoms with Crippen molar-refractivity contribution in [1.29, 1.82) is 0 Å². The number of hydrogen-bond acceptors (Lipinski definition) is 2. The van der Waals surface area contributed by atoms with Gasteiger partial charge in [0.2, 0.25) is 0 Å². The summed E-state index contributed by atoms with van der Waals surface area (Å²) in [6.07, 6.45) is 2.08. The Labute approximate surface area is 92.7 Å². The molecule has 0 spiro atoms. The molecule has 0 saturated heterocycles. The first-order chi connectivity index (χ1) is 7.04. The second-order valence-electron chi connectivity index (χ2n) is 4.54. The van der Waals surface area contributed by atoms with E-state index in [2.05, 4.69) is 36.6 Å². The van der Waals surface area contributed by atoms with Crippen LogP contribution >= 0.6 is 0 Å². The van der Waals surface area contributed by atoms with Crippen molar-refractivity contribution in [2.45, 2.75) is 53.1 Å². The molecule has 0 aliphatic heterocycles. The van der Waals surface area contributed by atoms with Gasteiger partial charge in [-0.1, -0.05) is 13.8 Å². The fourth-order valence-electron chi connectivity index (χ4n) is 1.72. The fraction of sp³-hybridized carbons (Fsp3) is 0.750. The summed E-state index contributed by atoms with van der Waals surface area (Å²) in [5, 5.41) is 4.43. The Balaban J connectivity index is 2.56. The van der Waals surface area contributed by atoms with Crippen molar-refractivity contribution >= 4 is 0 Å². The van der Waals surface area contributed by atoms with E-state index in [9.17, 15) is 0 Å². The summed E-state index contributed by atoms with van der Waals surface area (Å²) < 4.78 is 2.07. The quantitative estimate of drug-likeness (QED) is 0.807. The van der Waals surface area contributed by atoms with Crippen molar-refractivity contribution in [3.05, 3.63) is 17.5 Å². The number of aromatic nitrogens is 2. The molecular formula is C12H23N3. The predicted octanol–water partition coefficient (Wildman–Crippen LogP) is 2.13. The Morgan fingerprint density at radius 3 is 2.67 bits per heavy atom. The summed E-state index contributed by atoms with van der Waals surface area (Å²) in [5.41, 5.74) is 8.45. The SMILES string of the molecule is CCn1nc(C)cc1CCC(N)C(C)C. The van der Waals surface area contributed by atoms with Crippen LogP contribution in [0, 0.1) is 12.8 Å². The van der Waals surface area contributed by atoms with Gasteiger partial charge in [0, 0.05) is 18.3 Å². The lowest BCUT2D eigenvalue weighted by atomic mass is 9.99. The maximum atomic E-state index is 6.03. The Bertz CT molecular complexity index is 302. The first-order valence-electron chi connectivity index (χ1n) is 5.83. The number of rotatable bonds is 5. The van der Waals surface area contributed by atoms with Crippen LogP contribution in [0.2, 0.25) is 0 Å². The molecule has 0 saturated carbocycles. The third kappa shape index (κ3) is 3.34. The average molecular weight is 209 g/mol. The topological polar surface area (TPSA) is 43.8 Å². The molecule has 0 radical (unpaired) electrons. The van der Waals surface area contributed by atoms with E-state index in [1.807, 2.05) is 6.92 Å². The first-order valence-corrected chi connectivity index (χ1v) is 5.83. The lowest BCUT2D eigenvalue weighted by Crippen LogP contribution is -2.27. The van der Waals surface area contributed by atoms with Gasteiger partial charge in [-0.3, -0.25) is 4.68 Å². The van der Waals surface area contributed by atoms with Crippen LogP contribution in [-0.4, -0.2) is 15.8 Å². The molecule has 0 amide bonds. The van der Waals surface area contributed by atoms with Gasteiger partial charge in [0.15, 0.2) is 0 Å². The zero-order chi connectivity index (χ0) is 11.4. The molecule has 2 N–H and O–H groups in total. The maximum absolute atomic E-state index is 6.03. The number of aryl methyl sites for hydroxylation is 3. The summed E-state index contributed by atoms with van der Waals surface area (Å²) in [4.78, 5) is 0. The lowest BCUT2D eigenvalue weighted by Gasteiger charge is -2.15. The molecule has 0 fully saturated rings. The summed E-state index contributed by atoms with van der Waals surface area (Å²) in [6, 6.07) is 2.46. The molecule has 15 heavy (non-hydrogen) atoms. The minimum absolute atomic E-state index is 0.297. The highest BCUT2D eigenvalue weighted by Crippen LogP contribution is 2.10. The van der Waals surface area contributed by atoms with Crippen LogP contribution in [0.3, 0.4) is 0 Å². The van der Waals surface area contributed by atoms with E-state index < -0.39 is 0 Å². The molecule has 1 aromatic rings. The monoisotopic (exact) mass is 209 g/mol. The third-order valence-electron chi connectivity index (χ3n) is 2.88. The molecule has 0 aliphatic rings. The minimum atomic E-state index is 0.297. The standard InChI is InChI=1S/C12H23N3/c1-5-15-11(8-10(4)14-15)6-7-12(13)9(2)3/h8-9,12H,5-7,13H2,1-4H3. The van der Waals surface area contributed by atoms with Crippen LogP contribution in [0.25, 0.3) is 0 Å². The van der Waals surface area contributed by atoms with E-state index in [1.54, 1.807) is 0 Å². The number of nitrogens with zero attached hydrogens (tertiary/aromatic N) is 2. The summed E-state index contributed by atoms with van der Waals surface area (Å²) in [6.45, 7) is 9.45. The zero-order valence-electron chi connectivity index (χ0n) is 10.3. The van der Waals surface area contributed by atoms with E-state index >= 15 is 0 Å². The van der Waals surface area contributed by atoms with Gasteiger partial charge in [-0.15, -0.1) is 0 Å². The van der Waals surface area contributed by atoms with Crippen LogP contribution in [0.15, 0.2) is 6.07 Å². The van der Waals surface area contributed by atoms with Crippen molar-refractivity contribution in [3.8, 4) is 0 Å². The summed E-state index contributed by atoms with van der Waals surface area (Å²) in [7, 11) is 0. The van der Waals surface area contributed by atoms with E-state index in [4.69, 9.17) is 5.73 Å². The molecule has 3 heteroatoms. The van der Waals surface area contributed by atoms with Gasteiger partial charge in [-0.25, -0.2) is 0 Å². The minimum Gasteiger partial charge on any atom is -0.327 e. The first kappa shape index (κ1) is 12.2. The molecule has 1 rings (SSSR count). The van der Waals surface area contributed by atoms with Crippen molar-refractivity contribution in [2.24, 2.45) is 11.7 Å². The largest absolute Gasteiger partial charge is 0.327 e. The van der Waals surface area contributed by atoms with E-state index in [-0.39, 0.29) is 0 Å². The molecule has 0 aromatic carbocycles. The van der Waals surface area contributed by atoms with Crippen LogP contribution in [0.4, 0.5) is 0 Å². The zero-order valence-corrected chi connectivity index (χ0v) is 10.3. The summed E-state index contributed by atoms with van der Waals surface area (Å²) in [5.74, 6) is 0.559. The number of hydrogen-bond donors (Lipinski definition) is 1. The molecule has 0 bridgehead atoms. The molecule has 1 unspecified atom stereocenters. The second-order valence-corrected chi connectivity index (χ2v) is 4.54. The average Bonchev–Trinajstić information content (AvgIpc) is 2.55. The van der Waals surface area contributed by atoms with Crippen LogP contribution in [0.1, 0.15) is 38.6 Å². The number of nitrogens with two attached hydrogens (primary N) is 1. The molecule has 0 aliphatic carbocycles. The van der Waals surface area contributed by atoms with Gasteiger partial charge in [0.25, 0.3) is 0 Å². The second kappa shape index (κ2) is 5.31. The highest BCUT2D eigenvalue weighted by atomic mass is 15.3. The van der Waals surface area contributed by atoms with Crippen molar-refractivity contribution in [2.75, 3.05) is 0 Å². The van der Waals surface area contributed by atoms with Gasteiger partial charge >= 0.3 is 0 Å². The Morgan fingerprint density at radius 2 is 2.13 bits per heavy atom. The Hall–Kier alpha value is -0.830. The third-order valence-corrected chi connectivity index (χ3v) is 2.88. The Kier molecular flexibility index (Phi) is 4.33. The Morgan fingerprint density at radius 1 is 1.47 bits per heavy atom. The van der Waals surface area contributed by atoms with Gasteiger partial charge in [-0.2, -0.15) is 5.10 Å². The molecule has 86 valence electrons. The van der Waals surface area contributed by atoms with E-state index in [0.29, 0.717) is 12.0 Å². The van der Waals surface area contributed by atoms with Crippen LogP contribution in [-0.2, 0) is 13.0 Å². The maximum Gasteiger partial charge on any atom is 0.0596 e. The van der Waals surface area contributed by atoms with E-state index in [1.165, 1.54) is 5.69 Å². The molecule has 1 heterocycles. The fourth-order valence-corrected chi connectivity index (χ4v) is 1.72. The van der Waals surface area contributed by atoms with Crippen LogP contribution < -0.4 is 5.73 Å². The molecular weight excluding hydrogens is 186 g/mol. The van der Waals surface area contributed by atoms with Gasteiger partial charge in [-0.05, 0) is 38.7 Å². The molecule has 1 atom stereocenters.